The summed E-state index contributed by atoms with van der Waals surface area (Å²) in [5.41, 5.74) is 4.17. The van der Waals surface area contributed by atoms with Crippen LogP contribution in [-0.2, 0) is 10.0 Å². The Morgan fingerprint density at radius 3 is 2.44 bits per heavy atom. The number of carbonyl (C=O) groups excluding carboxylic acids is 1. The number of hydrogen-bond acceptors (Lipinski definition) is 5. The summed E-state index contributed by atoms with van der Waals surface area (Å²) in [6, 6.07) is 17.8. The number of hydrogen-bond donors (Lipinski definition) is 1. The number of fused-ring (bicyclic) bond motifs is 1. The molecule has 0 radical (unpaired) electrons. The van der Waals surface area contributed by atoms with Gasteiger partial charge in [0.05, 0.1) is 22.6 Å². The molecule has 0 aliphatic carbocycles. The summed E-state index contributed by atoms with van der Waals surface area (Å²) in [6.45, 7) is 5.78. The lowest BCUT2D eigenvalue weighted by atomic mass is 10.1. The highest BCUT2D eigenvalue weighted by molar-refractivity contribution is 7.92. The van der Waals surface area contributed by atoms with Crippen molar-refractivity contribution in [3.63, 3.8) is 0 Å². The van der Waals surface area contributed by atoms with E-state index in [0.29, 0.717) is 16.3 Å². The summed E-state index contributed by atoms with van der Waals surface area (Å²) in [7, 11) is -0.690. The van der Waals surface area contributed by atoms with E-state index in [2.05, 4.69) is 5.32 Å². The molecular weight excluding hydrogens is 468 g/mol. The average Bonchev–Trinajstić information content (AvgIpc) is 3.25. The van der Waals surface area contributed by atoms with Gasteiger partial charge < -0.3 is 10.1 Å². The molecule has 1 aromatic heterocycles. The third-order valence-corrected chi connectivity index (χ3v) is 8.86. The summed E-state index contributed by atoms with van der Waals surface area (Å²) in [6.07, 6.45) is 0. The van der Waals surface area contributed by atoms with Crippen LogP contribution in [0.15, 0.2) is 65.6 Å². The minimum absolute atomic E-state index is 0.187. The number of amides is 1. The van der Waals surface area contributed by atoms with Crippen molar-refractivity contribution in [2.24, 2.45) is 0 Å². The Kier molecular flexibility index (Phi) is 6.38. The largest absolute Gasteiger partial charge is 0.496 e. The number of nitrogens with zero attached hydrogens (tertiary/aromatic N) is 1. The second-order valence-corrected chi connectivity index (χ2v) is 11.2. The van der Waals surface area contributed by atoms with Gasteiger partial charge >= 0.3 is 0 Å². The molecule has 0 unspecified atom stereocenters. The molecule has 0 atom stereocenters. The quantitative estimate of drug-likeness (QED) is 0.361. The Balaban J connectivity index is 1.62. The van der Waals surface area contributed by atoms with Gasteiger partial charge in [0.15, 0.2) is 0 Å². The summed E-state index contributed by atoms with van der Waals surface area (Å²) < 4.78 is 33.8. The van der Waals surface area contributed by atoms with E-state index < -0.39 is 10.0 Å². The molecular formula is C26H26N2O4S2. The van der Waals surface area contributed by atoms with Gasteiger partial charge in [-0.05, 0) is 91.4 Å². The standard InChI is InChI=1S/C26H26N2O4S2/c1-16-7-6-8-22(18(16)3)27-26(29)25-15-19-14-20(9-12-24(19)33-25)28(4)34(30,31)21-10-11-23(32-5)17(2)13-21/h6-15H,1-5H3,(H,27,29). The third-order valence-electron chi connectivity index (χ3n) is 5.96. The predicted molar refractivity (Wildman–Crippen MR) is 139 cm³/mol. The highest BCUT2D eigenvalue weighted by Crippen LogP contribution is 2.32. The SMILES string of the molecule is COc1ccc(S(=O)(=O)N(C)c2ccc3sc(C(=O)Nc4cccc(C)c4C)cc3c2)cc1C. The zero-order chi connectivity index (χ0) is 24.6. The van der Waals surface area contributed by atoms with Crippen molar-refractivity contribution in [2.45, 2.75) is 25.7 Å². The van der Waals surface area contributed by atoms with Crippen LogP contribution in [0.1, 0.15) is 26.4 Å². The van der Waals surface area contributed by atoms with Crippen molar-refractivity contribution in [1.29, 1.82) is 0 Å². The summed E-state index contributed by atoms with van der Waals surface area (Å²) in [4.78, 5) is 13.6. The average molecular weight is 495 g/mol. The molecule has 176 valence electrons. The number of aryl methyl sites for hydroxylation is 2. The van der Waals surface area contributed by atoms with E-state index in [4.69, 9.17) is 4.74 Å². The molecule has 4 rings (SSSR count). The summed E-state index contributed by atoms with van der Waals surface area (Å²) in [5.74, 6) is 0.444. The first kappa shape index (κ1) is 23.8. The van der Waals surface area contributed by atoms with Gasteiger partial charge in [-0.25, -0.2) is 8.42 Å². The molecule has 0 aliphatic rings. The number of anilines is 2. The molecule has 0 saturated heterocycles. The van der Waals surface area contributed by atoms with Crippen LogP contribution < -0.4 is 14.4 Å². The number of benzene rings is 3. The fourth-order valence-corrected chi connectivity index (χ4v) is 5.93. The van der Waals surface area contributed by atoms with Gasteiger partial charge in [-0.15, -0.1) is 11.3 Å². The third kappa shape index (κ3) is 4.38. The number of thiophene rings is 1. The number of sulfonamides is 1. The molecule has 0 spiro atoms. The van der Waals surface area contributed by atoms with Crippen LogP contribution in [0.5, 0.6) is 5.75 Å². The van der Waals surface area contributed by atoms with E-state index >= 15 is 0 Å². The number of methoxy groups -OCH3 is 1. The Labute approximate surface area is 203 Å². The first-order valence-electron chi connectivity index (χ1n) is 10.7. The molecule has 0 saturated carbocycles. The Morgan fingerprint density at radius 1 is 0.971 bits per heavy atom. The molecule has 4 aromatic rings. The fraction of sp³-hybridized carbons (Fsp3) is 0.192. The maximum atomic E-state index is 13.2. The van der Waals surface area contributed by atoms with E-state index in [9.17, 15) is 13.2 Å². The molecule has 0 aliphatic heterocycles. The van der Waals surface area contributed by atoms with Gasteiger partial charge in [0.2, 0.25) is 0 Å². The smallest absolute Gasteiger partial charge is 0.265 e. The normalized spacial score (nSPS) is 11.4. The molecule has 1 heterocycles. The van der Waals surface area contributed by atoms with Crippen LogP contribution in [-0.4, -0.2) is 28.5 Å². The van der Waals surface area contributed by atoms with Crippen LogP contribution in [0, 0.1) is 20.8 Å². The van der Waals surface area contributed by atoms with Gasteiger partial charge in [-0.1, -0.05) is 12.1 Å². The molecule has 1 N–H and O–H groups in total. The zero-order valence-corrected chi connectivity index (χ0v) is 21.3. The number of rotatable bonds is 6. The van der Waals surface area contributed by atoms with E-state index in [0.717, 1.165) is 32.5 Å². The van der Waals surface area contributed by atoms with Gasteiger partial charge in [0, 0.05) is 17.4 Å². The van der Waals surface area contributed by atoms with Crippen LogP contribution in [0.3, 0.4) is 0 Å². The van der Waals surface area contributed by atoms with Gasteiger partial charge in [0.25, 0.3) is 15.9 Å². The minimum atomic E-state index is -3.77. The first-order valence-corrected chi connectivity index (χ1v) is 12.9. The van der Waals surface area contributed by atoms with E-state index in [-0.39, 0.29) is 10.8 Å². The maximum absolute atomic E-state index is 13.2. The second-order valence-electron chi connectivity index (χ2n) is 8.14. The topological polar surface area (TPSA) is 75.7 Å². The lowest BCUT2D eigenvalue weighted by molar-refractivity contribution is 0.103. The Morgan fingerprint density at radius 2 is 1.74 bits per heavy atom. The Hall–Kier alpha value is -3.36. The van der Waals surface area contributed by atoms with Crippen molar-refractivity contribution in [3.8, 4) is 5.75 Å². The first-order chi connectivity index (χ1) is 16.1. The highest BCUT2D eigenvalue weighted by Gasteiger charge is 2.23. The van der Waals surface area contributed by atoms with Gasteiger partial charge in [0.1, 0.15) is 5.75 Å². The van der Waals surface area contributed by atoms with E-state index in [1.54, 1.807) is 44.4 Å². The summed E-state index contributed by atoms with van der Waals surface area (Å²) >= 11 is 1.37. The van der Waals surface area contributed by atoms with Gasteiger partial charge in [-0.3, -0.25) is 9.10 Å². The molecule has 1 amide bonds. The molecule has 6 nitrogen and oxygen atoms in total. The van der Waals surface area contributed by atoms with Crippen LogP contribution in [0.4, 0.5) is 11.4 Å². The molecule has 34 heavy (non-hydrogen) atoms. The Bertz CT molecular complexity index is 1510. The molecule has 3 aromatic carbocycles. The van der Waals surface area contributed by atoms with Crippen molar-refractivity contribution in [1.82, 2.24) is 0 Å². The van der Waals surface area contributed by atoms with E-state index in [1.165, 1.54) is 28.8 Å². The monoisotopic (exact) mass is 494 g/mol. The lowest BCUT2D eigenvalue weighted by Gasteiger charge is -2.20. The fourth-order valence-electron chi connectivity index (χ4n) is 3.72. The van der Waals surface area contributed by atoms with Gasteiger partial charge in [-0.2, -0.15) is 0 Å². The lowest BCUT2D eigenvalue weighted by Crippen LogP contribution is -2.26. The van der Waals surface area contributed by atoms with Crippen LogP contribution >= 0.6 is 11.3 Å². The van der Waals surface area contributed by atoms with Crippen molar-refractivity contribution in [3.05, 3.63) is 82.2 Å². The number of nitrogens with one attached hydrogen (secondary N) is 1. The van der Waals surface area contributed by atoms with Crippen molar-refractivity contribution < 1.29 is 17.9 Å². The molecule has 0 bridgehead atoms. The summed E-state index contributed by atoms with van der Waals surface area (Å²) in [5, 5.41) is 3.79. The molecule has 8 heteroatoms. The highest BCUT2D eigenvalue weighted by atomic mass is 32.2. The van der Waals surface area contributed by atoms with Crippen molar-refractivity contribution >= 4 is 48.7 Å². The molecule has 0 fully saturated rings. The number of ether oxygens (including phenoxy) is 1. The number of carbonyl (C=O) groups is 1. The van der Waals surface area contributed by atoms with Crippen LogP contribution in [0.25, 0.3) is 10.1 Å². The van der Waals surface area contributed by atoms with E-state index in [1.807, 2.05) is 38.1 Å². The zero-order valence-electron chi connectivity index (χ0n) is 19.7. The predicted octanol–water partition coefficient (Wildman–Crippen LogP) is 5.91. The maximum Gasteiger partial charge on any atom is 0.265 e. The van der Waals surface area contributed by atoms with Crippen LogP contribution in [0.2, 0.25) is 0 Å². The minimum Gasteiger partial charge on any atom is -0.496 e. The van der Waals surface area contributed by atoms with Crippen molar-refractivity contribution in [2.75, 3.05) is 23.8 Å². The second kappa shape index (κ2) is 9.12.